The van der Waals surface area contributed by atoms with E-state index >= 15 is 0 Å². The number of rotatable bonds is 2. The lowest BCUT2D eigenvalue weighted by Crippen LogP contribution is -1.91. The van der Waals surface area contributed by atoms with Gasteiger partial charge in [0.15, 0.2) is 0 Å². The summed E-state index contributed by atoms with van der Waals surface area (Å²) in [6.45, 7) is 3.66. The van der Waals surface area contributed by atoms with Gasteiger partial charge in [-0.3, -0.25) is 4.98 Å². The van der Waals surface area contributed by atoms with Crippen LogP contribution in [0.5, 0.6) is 0 Å². The molecule has 16 heavy (non-hydrogen) atoms. The van der Waals surface area contributed by atoms with Gasteiger partial charge >= 0.3 is 0 Å². The van der Waals surface area contributed by atoms with Crippen LogP contribution in [-0.2, 0) is 0 Å². The molecule has 1 aromatic carbocycles. The minimum Gasteiger partial charge on any atom is -0.255 e. The van der Waals surface area contributed by atoms with Gasteiger partial charge in [0.2, 0.25) is 0 Å². The van der Waals surface area contributed by atoms with Gasteiger partial charge < -0.3 is 0 Å². The molecule has 0 saturated heterocycles. The van der Waals surface area contributed by atoms with E-state index in [4.69, 9.17) is 5.26 Å². The lowest BCUT2D eigenvalue weighted by molar-refractivity contribution is 1.27. The number of hydrogen-bond donors (Lipinski definition) is 0. The number of benzene rings is 1. The maximum atomic E-state index is 9.15. The molecule has 0 spiro atoms. The summed E-state index contributed by atoms with van der Waals surface area (Å²) in [6, 6.07) is 13.8. The van der Waals surface area contributed by atoms with E-state index in [1.54, 1.807) is 12.3 Å². The third-order valence-electron chi connectivity index (χ3n) is 2.37. The van der Waals surface area contributed by atoms with Gasteiger partial charge in [-0.05, 0) is 17.7 Å². The van der Waals surface area contributed by atoms with Crippen LogP contribution in [0.2, 0.25) is 0 Å². The summed E-state index contributed by atoms with van der Waals surface area (Å²) in [6.07, 6.45) is 3.30. The van der Waals surface area contributed by atoms with Crippen molar-refractivity contribution in [3.05, 3.63) is 60.4 Å². The van der Waals surface area contributed by atoms with Gasteiger partial charge in [-0.25, -0.2) is 0 Å². The first-order valence-corrected chi connectivity index (χ1v) is 4.94. The molecule has 2 nitrogen and oxygen atoms in total. The van der Waals surface area contributed by atoms with Crippen LogP contribution in [0.25, 0.3) is 17.2 Å². The predicted molar refractivity (Wildman–Crippen MR) is 64.5 cm³/mol. The average molecular weight is 206 g/mol. The van der Waals surface area contributed by atoms with Gasteiger partial charge in [0.25, 0.3) is 0 Å². The normalized spacial score (nSPS) is 9.44. The summed E-state index contributed by atoms with van der Waals surface area (Å²) >= 11 is 0. The number of hydrogen-bond acceptors (Lipinski definition) is 2. The molecule has 0 aliphatic heterocycles. The zero-order chi connectivity index (χ0) is 11.4. The van der Waals surface area contributed by atoms with Crippen LogP contribution in [0.15, 0.2) is 49.2 Å². The molecule has 2 aromatic rings. The molecule has 0 radical (unpaired) electrons. The molecule has 0 N–H and O–H groups in total. The van der Waals surface area contributed by atoms with Crippen molar-refractivity contribution in [3.63, 3.8) is 0 Å². The molecule has 76 valence electrons. The van der Waals surface area contributed by atoms with Crippen molar-refractivity contribution in [1.82, 2.24) is 4.98 Å². The second-order valence-corrected chi connectivity index (χ2v) is 3.30. The maximum Gasteiger partial charge on any atom is 0.102 e. The molecular formula is C14H10N2. The van der Waals surface area contributed by atoms with Crippen molar-refractivity contribution in [2.45, 2.75) is 0 Å². The fraction of sp³-hybridized carbons (Fsp3) is 0. The van der Waals surface area contributed by atoms with Crippen molar-refractivity contribution in [2.75, 3.05) is 0 Å². The monoisotopic (exact) mass is 206 g/mol. The Hall–Kier alpha value is -2.40. The van der Waals surface area contributed by atoms with Crippen molar-refractivity contribution in [1.29, 1.82) is 5.26 Å². The van der Waals surface area contributed by atoms with Crippen molar-refractivity contribution < 1.29 is 0 Å². The zero-order valence-electron chi connectivity index (χ0n) is 8.72. The second-order valence-electron chi connectivity index (χ2n) is 3.30. The van der Waals surface area contributed by atoms with Crippen LogP contribution in [0.3, 0.4) is 0 Å². The number of nitrogens with zero attached hydrogens (tertiary/aromatic N) is 2. The Bertz CT molecular complexity index is 551. The number of pyridine rings is 1. The molecule has 0 atom stereocenters. The van der Waals surface area contributed by atoms with Crippen molar-refractivity contribution in [3.8, 4) is 17.2 Å². The third kappa shape index (κ3) is 1.71. The fourth-order valence-corrected chi connectivity index (χ4v) is 1.61. The van der Waals surface area contributed by atoms with E-state index in [-0.39, 0.29) is 0 Å². The fourth-order valence-electron chi connectivity index (χ4n) is 1.61. The summed E-state index contributed by atoms with van der Waals surface area (Å²) in [5.74, 6) is 0. The molecule has 0 aliphatic rings. The van der Waals surface area contributed by atoms with Gasteiger partial charge in [0.1, 0.15) is 6.07 Å². The summed E-state index contributed by atoms with van der Waals surface area (Å²) in [5, 5.41) is 9.15. The van der Waals surface area contributed by atoms with E-state index in [2.05, 4.69) is 17.6 Å². The minimum absolute atomic E-state index is 0.573. The second kappa shape index (κ2) is 4.41. The molecule has 1 aromatic heterocycles. The first kappa shape index (κ1) is 10.1. The van der Waals surface area contributed by atoms with E-state index in [0.717, 1.165) is 11.1 Å². The molecular weight excluding hydrogens is 196 g/mol. The van der Waals surface area contributed by atoms with Gasteiger partial charge in [0, 0.05) is 11.8 Å². The van der Waals surface area contributed by atoms with E-state index in [1.807, 2.05) is 36.4 Å². The predicted octanol–water partition coefficient (Wildman–Crippen LogP) is 3.26. The molecule has 0 bridgehead atoms. The maximum absolute atomic E-state index is 9.15. The van der Waals surface area contributed by atoms with Crippen LogP contribution < -0.4 is 0 Å². The van der Waals surface area contributed by atoms with Gasteiger partial charge in [-0.2, -0.15) is 5.26 Å². The molecule has 2 heteroatoms. The first-order chi connectivity index (χ1) is 7.86. The lowest BCUT2D eigenvalue weighted by Gasteiger charge is -2.05. The summed E-state index contributed by atoms with van der Waals surface area (Å²) < 4.78 is 0. The highest BCUT2D eigenvalue weighted by Gasteiger charge is 2.08. The average Bonchev–Trinajstić information content (AvgIpc) is 2.38. The van der Waals surface area contributed by atoms with E-state index in [1.165, 1.54) is 0 Å². The minimum atomic E-state index is 0.573. The Morgan fingerprint density at radius 3 is 2.56 bits per heavy atom. The SMILES string of the molecule is C=Cc1nccc(-c2ccccc2)c1C#N. The molecule has 0 fully saturated rings. The molecule has 2 rings (SSSR count). The summed E-state index contributed by atoms with van der Waals surface area (Å²) in [7, 11) is 0. The molecule has 0 saturated carbocycles. The Labute approximate surface area is 94.5 Å². The molecule has 0 amide bonds. The van der Waals surface area contributed by atoms with Crippen LogP contribution in [-0.4, -0.2) is 4.98 Å². The Morgan fingerprint density at radius 2 is 1.94 bits per heavy atom. The highest BCUT2D eigenvalue weighted by molar-refractivity contribution is 5.74. The van der Waals surface area contributed by atoms with Crippen molar-refractivity contribution >= 4 is 6.08 Å². The topological polar surface area (TPSA) is 36.7 Å². The van der Waals surface area contributed by atoms with E-state index < -0.39 is 0 Å². The van der Waals surface area contributed by atoms with Gasteiger partial charge in [-0.15, -0.1) is 0 Å². The molecule has 1 heterocycles. The third-order valence-corrected chi connectivity index (χ3v) is 2.37. The molecule has 0 unspecified atom stereocenters. The van der Waals surface area contributed by atoms with E-state index in [0.29, 0.717) is 11.3 Å². The standard InChI is InChI=1S/C14H10N2/c1-2-14-13(10-15)12(8-9-16-14)11-6-4-3-5-7-11/h2-9H,1H2. The van der Waals surface area contributed by atoms with Crippen LogP contribution >= 0.6 is 0 Å². The quantitative estimate of drug-likeness (QED) is 0.756. The molecule has 0 aliphatic carbocycles. The highest BCUT2D eigenvalue weighted by atomic mass is 14.7. The van der Waals surface area contributed by atoms with Gasteiger partial charge in [0.05, 0.1) is 11.3 Å². The summed E-state index contributed by atoms with van der Waals surface area (Å²) in [5.41, 5.74) is 3.12. The highest BCUT2D eigenvalue weighted by Crippen LogP contribution is 2.24. The lowest BCUT2D eigenvalue weighted by atomic mass is 10.00. The van der Waals surface area contributed by atoms with Gasteiger partial charge in [-0.1, -0.05) is 36.9 Å². The van der Waals surface area contributed by atoms with Crippen LogP contribution in [0.4, 0.5) is 0 Å². The Kier molecular flexibility index (Phi) is 2.79. The largest absolute Gasteiger partial charge is 0.255 e. The van der Waals surface area contributed by atoms with Crippen molar-refractivity contribution in [2.24, 2.45) is 0 Å². The Morgan fingerprint density at radius 1 is 1.19 bits per heavy atom. The summed E-state index contributed by atoms with van der Waals surface area (Å²) in [4.78, 5) is 4.11. The van der Waals surface area contributed by atoms with Crippen LogP contribution in [0.1, 0.15) is 11.3 Å². The van der Waals surface area contributed by atoms with Crippen LogP contribution in [0, 0.1) is 11.3 Å². The Balaban J connectivity index is 2.67. The smallest absolute Gasteiger partial charge is 0.102 e. The first-order valence-electron chi connectivity index (χ1n) is 4.94. The number of aromatic nitrogens is 1. The number of nitriles is 1. The van der Waals surface area contributed by atoms with E-state index in [9.17, 15) is 0 Å². The zero-order valence-corrected chi connectivity index (χ0v) is 8.72.